The molecule has 1 aromatic carbocycles. The van der Waals surface area contributed by atoms with Crippen LogP contribution in [0.25, 0.3) is 0 Å². The van der Waals surface area contributed by atoms with Crippen LogP contribution in [0.1, 0.15) is 63.9 Å². The number of carbonyl (C=O) groups is 2. The molecule has 0 fully saturated rings. The summed E-state index contributed by atoms with van der Waals surface area (Å²) in [5.41, 5.74) is 3.63. The van der Waals surface area contributed by atoms with E-state index in [-0.39, 0.29) is 18.3 Å². The fourth-order valence-corrected chi connectivity index (χ4v) is 3.57. The Morgan fingerprint density at radius 3 is 2.67 bits per heavy atom. The molecule has 0 bridgehead atoms. The zero-order chi connectivity index (χ0) is 19.4. The fraction of sp³-hybridized carbons (Fsp3) is 0.364. The van der Waals surface area contributed by atoms with Crippen molar-refractivity contribution in [3.05, 3.63) is 64.5 Å². The number of aromatic amines is 1. The van der Waals surface area contributed by atoms with Crippen LogP contribution in [0.15, 0.2) is 36.4 Å². The van der Waals surface area contributed by atoms with Gasteiger partial charge in [0.1, 0.15) is 18.1 Å². The Balaban J connectivity index is 1.81. The largest absolute Gasteiger partial charge is 0.494 e. The number of carbonyl (C=O) groups excluding carboxylic acids is 2. The lowest BCUT2D eigenvalue weighted by atomic mass is 9.81. The topological polar surface area (TPSA) is 68.4 Å². The van der Waals surface area contributed by atoms with E-state index in [1.165, 1.54) is 0 Å². The molecule has 5 nitrogen and oxygen atoms in total. The monoisotopic (exact) mass is 367 g/mol. The van der Waals surface area contributed by atoms with Crippen LogP contribution >= 0.6 is 0 Å². The van der Waals surface area contributed by atoms with Crippen molar-refractivity contribution in [2.75, 3.05) is 13.2 Å². The number of ketones is 1. The molecule has 1 atom stereocenters. The van der Waals surface area contributed by atoms with Crippen LogP contribution in [-0.4, -0.2) is 30.0 Å². The van der Waals surface area contributed by atoms with Crippen molar-refractivity contribution >= 4 is 11.8 Å². The summed E-state index contributed by atoms with van der Waals surface area (Å²) in [5.74, 6) is 0.554. The molecule has 1 heterocycles. The number of esters is 1. The molecular formula is C22H25NO4. The molecule has 2 aromatic rings. The van der Waals surface area contributed by atoms with Crippen molar-refractivity contribution in [1.82, 2.24) is 4.98 Å². The Morgan fingerprint density at radius 1 is 1.26 bits per heavy atom. The second-order valence-electron chi connectivity index (χ2n) is 6.68. The van der Waals surface area contributed by atoms with Gasteiger partial charge < -0.3 is 14.5 Å². The molecule has 1 aliphatic carbocycles. The number of nitrogens with one attached hydrogen (secondary N) is 1. The van der Waals surface area contributed by atoms with Crippen molar-refractivity contribution in [2.24, 2.45) is 0 Å². The summed E-state index contributed by atoms with van der Waals surface area (Å²) in [6, 6.07) is 7.89. The first-order valence-electron chi connectivity index (χ1n) is 9.30. The third-order valence-corrected chi connectivity index (χ3v) is 4.90. The summed E-state index contributed by atoms with van der Waals surface area (Å²) < 4.78 is 10.7. The maximum atomic E-state index is 12.7. The van der Waals surface area contributed by atoms with Gasteiger partial charge in [0.15, 0.2) is 5.78 Å². The summed E-state index contributed by atoms with van der Waals surface area (Å²) >= 11 is 0. The van der Waals surface area contributed by atoms with Crippen molar-refractivity contribution in [3.63, 3.8) is 0 Å². The molecule has 142 valence electrons. The van der Waals surface area contributed by atoms with Crippen LogP contribution in [-0.2, 0) is 11.2 Å². The Hall–Kier alpha value is -2.82. The summed E-state index contributed by atoms with van der Waals surface area (Å²) in [6.45, 7) is 6.47. The molecule has 0 aliphatic heterocycles. The number of hydrogen-bond acceptors (Lipinski definition) is 4. The van der Waals surface area contributed by atoms with Gasteiger partial charge in [-0.2, -0.15) is 0 Å². The molecule has 0 spiro atoms. The number of Topliss-reactive ketones (excluding diaryl/α,β-unsaturated/α-hetero) is 1. The van der Waals surface area contributed by atoms with E-state index in [9.17, 15) is 9.59 Å². The van der Waals surface area contributed by atoms with Gasteiger partial charge in [-0.1, -0.05) is 24.3 Å². The van der Waals surface area contributed by atoms with E-state index in [1.807, 2.05) is 44.2 Å². The lowest BCUT2D eigenvalue weighted by Crippen LogP contribution is -2.18. The molecule has 0 radical (unpaired) electrons. The van der Waals surface area contributed by atoms with Crippen LogP contribution in [0.2, 0.25) is 0 Å². The van der Waals surface area contributed by atoms with Gasteiger partial charge >= 0.3 is 5.97 Å². The number of ether oxygens (including phenoxy) is 2. The van der Waals surface area contributed by atoms with Gasteiger partial charge in [0.25, 0.3) is 0 Å². The summed E-state index contributed by atoms with van der Waals surface area (Å²) in [4.78, 5) is 28.2. The predicted molar refractivity (Wildman–Crippen MR) is 104 cm³/mol. The molecule has 1 aliphatic rings. The molecule has 0 saturated heterocycles. The number of rotatable bonds is 6. The second kappa shape index (κ2) is 8.25. The van der Waals surface area contributed by atoms with Gasteiger partial charge in [-0.3, -0.25) is 4.79 Å². The SMILES string of the molecule is CC=CCOC(=O)c1[nH]c2c(c1C)C(=O)CC(c1ccc(OCC)cc1)C2. The summed E-state index contributed by atoms with van der Waals surface area (Å²) in [7, 11) is 0. The van der Waals surface area contributed by atoms with Gasteiger partial charge in [-0.15, -0.1) is 0 Å². The van der Waals surface area contributed by atoms with Crippen molar-refractivity contribution < 1.29 is 19.1 Å². The highest BCUT2D eigenvalue weighted by Crippen LogP contribution is 2.35. The van der Waals surface area contributed by atoms with Crippen LogP contribution < -0.4 is 4.74 Å². The Kier molecular flexibility index (Phi) is 5.79. The van der Waals surface area contributed by atoms with Crippen molar-refractivity contribution in [3.8, 4) is 5.75 Å². The van der Waals surface area contributed by atoms with Crippen LogP contribution in [0.5, 0.6) is 5.75 Å². The third kappa shape index (κ3) is 3.97. The van der Waals surface area contributed by atoms with Gasteiger partial charge in [-0.05, 0) is 56.4 Å². The Labute approximate surface area is 159 Å². The minimum absolute atomic E-state index is 0.0661. The molecule has 0 saturated carbocycles. The second-order valence-corrected chi connectivity index (χ2v) is 6.68. The van der Waals surface area contributed by atoms with E-state index in [2.05, 4.69) is 4.98 Å². The van der Waals surface area contributed by atoms with Gasteiger partial charge in [0, 0.05) is 17.7 Å². The number of H-pyrrole nitrogens is 1. The van der Waals surface area contributed by atoms with Crippen LogP contribution in [0.3, 0.4) is 0 Å². The average molecular weight is 367 g/mol. The lowest BCUT2D eigenvalue weighted by Gasteiger charge is -2.22. The minimum Gasteiger partial charge on any atom is -0.494 e. The average Bonchev–Trinajstić information content (AvgIpc) is 3.00. The Morgan fingerprint density at radius 2 is 2.00 bits per heavy atom. The molecule has 1 unspecified atom stereocenters. The molecular weight excluding hydrogens is 342 g/mol. The number of hydrogen-bond donors (Lipinski definition) is 1. The van der Waals surface area contributed by atoms with Gasteiger partial charge in [0.05, 0.1) is 6.61 Å². The van der Waals surface area contributed by atoms with E-state index in [4.69, 9.17) is 9.47 Å². The first-order chi connectivity index (χ1) is 13.0. The molecule has 3 rings (SSSR count). The fourth-order valence-electron chi connectivity index (χ4n) is 3.57. The number of aromatic nitrogens is 1. The highest BCUT2D eigenvalue weighted by molar-refractivity contribution is 6.03. The van der Waals surface area contributed by atoms with Crippen LogP contribution in [0.4, 0.5) is 0 Å². The van der Waals surface area contributed by atoms with E-state index >= 15 is 0 Å². The smallest absolute Gasteiger partial charge is 0.355 e. The number of fused-ring (bicyclic) bond motifs is 1. The zero-order valence-electron chi connectivity index (χ0n) is 16.0. The number of benzene rings is 1. The predicted octanol–water partition coefficient (Wildman–Crippen LogP) is 4.37. The molecule has 27 heavy (non-hydrogen) atoms. The minimum atomic E-state index is -0.426. The normalized spacial score (nSPS) is 16.4. The molecule has 0 amide bonds. The molecule has 1 aromatic heterocycles. The lowest BCUT2D eigenvalue weighted by molar-refractivity contribution is 0.0542. The molecule has 5 heteroatoms. The Bertz CT molecular complexity index is 861. The zero-order valence-corrected chi connectivity index (χ0v) is 16.0. The van der Waals surface area contributed by atoms with Gasteiger partial charge in [0.2, 0.25) is 0 Å². The first kappa shape index (κ1) is 19.0. The standard InChI is InChI=1S/C22H25NO4/c1-4-6-11-27-22(25)21-14(3)20-18(23-21)12-16(13-19(20)24)15-7-9-17(10-8-15)26-5-2/h4,6-10,16,23H,5,11-13H2,1-3H3. The van der Waals surface area contributed by atoms with E-state index in [1.54, 1.807) is 13.0 Å². The third-order valence-electron chi connectivity index (χ3n) is 4.90. The van der Waals surface area contributed by atoms with E-state index in [0.717, 1.165) is 17.0 Å². The van der Waals surface area contributed by atoms with Crippen LogP contribution in [0, 0.1) is 6.92 Å². The summed E-state index contributed by atoms with van der Waals surface area (Å²) in [5, 5.41) is 0. The quantitative estimate of drug-likeness (QED) is 0.608. The molecule has 1 N–H and O–H groups in total. The first-order valence-corrected chi connectivity index (χ1v) is 9.30. The highest BCUT2D eigenvalue weighted by Gasteiger charge is 2.32. The van der Waals surface area contributed by atoms with Crippen molar-refractivity contribution in [1.29, 1.82) is 0 Å². The number of allylic oxidation sites excluding steroid dienone is 1. The maximum absolute atomic E-state index is 12.7. The van der Waals surface area contributed by atoms with E-state index < -0.39 is 5.97 Å². The highest BCUT2D eigenvalue weighted by atomic mass is 16.5. The van der Waals surface area contributed by atoms with Crippen molar-refractivity contribution in [2.45, 2.75) is 39.5 Å². The van der Waals surface area contributed by atoms with Gasteiger partial charge in [-0.25, -0.2) is 4.79 Å². The maximum Gasteiger partial charge on any atom is 0.355 e. The van der Waals surface area contributed by atoms with E-state index in [0.29, 0.717) is 36.3 Å². The summed E-state index contributed by atoms with van der Waals surface area (Å²) in [6.07, 6.45) is 4.72.